The molecule has 0 saturated heterocycles. The van der Waals surface area contributed by atoms with Crippen LogP contribution in [0.15, 0.2) is 18.2 Å². The lowest BCUT2D eigenvalue weighted by Crippen LogP contribution is -2.39. The number of hydrogen-bond acceptors (Lipinski definition) is 1. The minimum Gasteiger partial charge on any atom is -0.374 e. The summed E-state index contributed by atoms with van der Waals surface area (Å²) in [5.74, 6) is 0. The summed E-state index contributed by atoms with van der Waals surface area (Å²) in [5, 5.41) is 2.55. The quantitative estimate of drug-likeness (QED) is 0.700. The standard InChI is InChI=1S/C11H12F3N/c1-7-2-3-8-4-5-10(11(12,13)14)15-9(8)6-7/h2-3,6,10,15H,4-5H2,1H3. The number of fused-ring (bicyclic) bond motifs is 1. The van der Waals surface area contributed by atoms with Gasteiger partial charge in [-0.05, 0) is 37.0 Å². The Morgan fingerprint density at radius 2 is 2.07 bits per heavy atom. The third-order valence-corrected chi connectivity index (χ3v) is 2.69. The van der Waals surface area contributed by atoms with Crippen molar-refractivity contribution in [1.29, 1.82) is 0 Å². The number of rotatable bonds is 0. The molecular weight excluding hydrogens is 203 g/mol. The van der Waals surface area contributed by atoms with Crippen LogP contribution in [-0.2, 0) is 6.42 Å². The summed E-state index contributed by atoms with van der Waals surface area (Å²) in [7, 11) is 0. The molecule has 0 spiro atoms. The molecule has 1 N–H and O–H groups in total. The molecule has 0 aromatic heterocycles. The molecule has 4 heteroatoms. The number of anilines is 1. The molecule has 1 aliphatic heterocycles. The van der Waals surface area contributed by atoms with Crippen molar-refractivity contribution in [2.45, 2.75) is 32.0 Å². The van der Waals surface area contributed by atoms with E-state index in [4.69, 9.17) is 0 Å². The lowest BCUT2D eigenvalue weighted by atomic mass is 9.96. The Labute approximate surface area is 86.3 Å². The maximum Gasteiger partial charge on any atom is 0.408 e. The molecule has 0 fully saturated rings. The molecule has 2 rings (SSSR count). The lowest BCUT2D eigenvalue weighted by molar-refractivity contribution is -0.144. The van der Waals surface area contributed by atoms with Crippen molar-refractivity contribution in [2.24, 2.45) is 0 Å². The van der Waals surface area contributed by atoms with E-state index < -0.39 is 12.2 Å². The summed E-state index contributed by atoms with van der Waals surface area (Å²) in [6, 6.07) is 4.19. The van der Waals surface area contributed by atoms with Gasteiger partial charge >= 0.3 is 6.18 Å². The topological polar surface area (TPSA) is 12.0 Å². The second kappa shape index (κ2) is 3.43. The zero-order chi connectivity index (χ0) is 11.1. The molecule has 1 aromatic carbocycles. The summed E-state index contributed by atoms with van der Waals surface area (Å²) in [6.07, 6.45) is -3.53. The summed E-state index contributed by atoms with van der Waals surface area (Å²) in [6.45, 7) is 1.87. The normalized spacial score (nSPS) is 20.7. The Bertz CT molecular complexity index is 371. The Kier molecular flexibility index (Phi) is 2.37. The minimum atomic E-state index is -4.15. The molecule has 0 aliphatic carbocycles. The van der Waals surface area contributed by atoms with Gasteiger partial charge in [0, 0.05) is 5.69 Å². The van der Waals surface area contributed by atoms with E-state index in [9.17, 15) is 13.2 Å². The molecule has 15 heavy (non-hydrogen) atoms. The van der Waals surface area contributed by atoms with Gasteiger partial charge in [0.2, 0.25) is 0 Å². The molecule has 1 heterocycles. The summed E-state index contributed by atoms with van der Waals surface area (Å²) in [4.78, 5) is 0. The maximum absolute atomic E-state index is 12.5. The molecule has 1 atom stereocenters. The number of halogens is 3. The average molecular weight is 215 g/mol. The van der Waals surface area contributed by atoms with E-state index in [1.165, 1.54) is 0 Å². The van der Waals surface area contributed by atoms with Crippen LogP contribution in [0, 0.1) is 6.92 Å². The van der Waals surface area contributed by atoms with Crippen molar-refractivity contribution in [3.63, 3.8) is 0 Å². The van der Waals surface area contributed by atoms with E-state index in [0.29, 0.717) is 12.1 Å². The second-order valence-corrected chi connectivity index (χ2v) is 3.94. The highest BCUT2D eigenvalue weighted by molar-refractivity contribution is 5.55. The fraction of sp³-hybridized carbons (Fsp3) is 0.455. The van der Waals surface area contributed by atoms with Gasteiger partial charge in [0.05, 0.1) is 0 Å². The Morgan fingerprint density at radius 3 is 2.73 bits per heavy atom. The van der Waals surface area contributed by atoms with Crippen LogP contribution >= 0.6 is 0 Å². The van der Waals surface area contributed by atoms with Gasteiger partial charge in [0.15, 0.2) is 0 Å². The number of nitrogens with one attached hydrogen (secondary N) is 1. The number of hydrogen-bond donors (Lipinski definition) is 1. The highest BCUT2D eigenvalue weighted by atomic mass is 19.4. The van der Waals surface area contributed by atoms with Gasteiger partial charge in [0.25, 0.3) is 0 Å². The molecule has 1 aromatic rings. The molecule has 0 amide bonds. The number of aryl methyl sites for hydroxylation is 2. The first-order valence-electron chi connectivity index (χ1n) is 4.89. The zero-order valence-corrected chi connectivity index (χ0v) is 8.36. The first-order valence-corrected chi connectivity index (χ1v) is 4.89. The predicted octanol–water partition coefficient (Wildman–Crippen LogP) is 3.28. The Balaban J connectivity index is 2.26. The van der Waals surface area contributed by atoms with Gasteiger partial charge in [-0.3, -0.25) is 0 Å². The summed E-state index contributed by atoms with van der Waals surface area (Å²) < 4.78 is 37.4. The van der Waals surface area contributed by atoms with Gasteiger partial charge in [-0.15, -0.1) is 0 Å². The molecule has 0 saturated carbocycles. The van der Waals surface area contributed by atoms with E-state index in [1.807, 2.05) is 19.1 Å². The van der Waals surface area contributed by atoms with Crippen LogP contribution in [0.25, 0.3) is 0 Å². The fourth-order valence-electron chi connectivity index (χ4n) is 1.85. The molecule has 1 aliphatic rings. The summed E-state index contributed by atoms with van der Waals surface area (Å²) >= 11 is 0. The highest BCUT2D eigenvalue weighted by Gasteiger charge is 2.41. The smallest absolute Gasteiger partial charge is 0.374 e. The molecule has 1 unspecified atom stereocenters. The molecular formula is C11H12F3N. The van der Waals surface area contributed by atoms with Crippen LogP contribution in [0.1, 0.15) is 17.5 Å². The van der Waals surface area contributed by atoms with Crippen molar-refractivity contribution in [1.82, 2.24) is 0 Å². The van der Waals surface area contributed by atoms with Crippen LogP contribution < -0.4 is 5.32 Å². The Hall–Kier alpha value is -1.19. The molecule has 0 bridgehead atoms. The second-order valence-electron chi connectivity index (χ2n) is 3.94. The Morgan fingerprint density at radius 1 is 1.33 bits per heavy atom. The van der Waals surface area contributed by atoms with Crippen LogP contribution in [-0.4, -0.2) is 12.2 Å². The number of alkyl halides is 3. The first-order chi connectivity index (χ1) is 6.97. The van der Waals surface area contributed by atoms with Gasteiger partial charge < -0.3 is 5.32 Å². The van der Waals surface area contributed by atoms with Crippen molar-refractivity contribution < 1.29 is 13.2 Å². The highest BCUT2D eigenvalue weighted by Crippen LogP contribution is 2.33. The average Bonchev–Trinajstić information content (AvgIpc) is 2.15. The maximum atomic E-state index is 12.5. The van der Waals surface area contributed by atoms with Crippen LogP contribution in [0.2, 0.25) is 0 Å². The predicted molar refractivity (Wildman–Crippen MR) is 53.0 cm³/mol. The third-order valence-electron chi connectivity index (χ3n) is 2.69. The fourth-order valence-corrected chi connectivity index (χ4v) is 1.85. The van der Waals surface area contributed by atoms with Crippen LogP contribution in [0.5, 0.6) is 0 Å². The van der Waals surface area contributed by atoms with Crippen molar-refractivity contribution in [3.05, 3.63) is 29.3 Å². The van der Waals surface area contributed by atoms with E-state index >= 15 is 0 Å². The SMILES string of the molecule is Cc1ccc2c(c1)NC(C(F)(F)F)CC2. The van der Waals surface area contributed by atoms with Gasteiger partial charge in [0.1, 0.15) is 6.04 Å². The number of benzene rings is 1. The molecule has 82 valence electrons. The molecule has 0 radical (unpaired) electrons. The largest absolute Gasteiger partial charge is 0.408 e. The van der Waals surface area contributed by atoms with Crippen molar-refractivity contribution in [2.75, 3.05) is 5.32 Å². The van der Waals surface area contributed by atoms with Gasteiger partial charge in [-0.2, -0.15) is 13.2 Å². The third kappa shape index (κ3) is 2.08. The lowest BCUT2D eigenvalue weighted by Gasteiger charge is -2.28. The first kappa shape index (κ1) is 10.3. The van der Waals surface area contributed by atoms with Gasteiger partial charge in [-0.25, -0.2) is 0 Å². The summed E-state index contributed by atoms with van der Waals surface area (Å²) in [5.41, 5.74) is 2.58. The minimum absolute atomic E-state index is 0.125. The van der Waals surface area contributed by atoms with E-state index in [-0.39, 0.29) is 6.42 Å². The van der Waals surface area contributed by atoms with Crippen LogP contribution in [0.3, 0.4) is 0 Å². The van der Waals surface area contributed by atoms with Gasteiger partial charge in [-0.1, -0.05) is 12.1 Å². The molecule has 1 nitrogen and oxygen atoms in total. The van der Waals surface area contributed by atoms with Crippen molar-refractivity contribution >= 4 is 5.69 Å². The van der Waals surface area contributed by atoms with Crippen molar-refractivity contribution in [3.8, 4) is 0 Å². The van der Waals surface area contributed by atoms with E-state index in [1.54, 1.807) is 6.07 Å². The van der Waals surface area contributed by atoms with Crippen LogP contribution in [0.4, 0.5) is 18.9 Å². The van der Waals surface area contributed by atoms with E-state index in [0.717, 1.165) is 11.1 Å². The zero-order valence-electron chi connectivity index (χ0n) is 8.36. The van der Waals surface area contributed by atoms with E-state index in [2.05, 4.69) is 5.32 Å². The monoisotopic (exact) mass is 215 g/mol.